The Morgan fingerprint density at radius 1 is 1.25 bits per heavy atom. The molecule has 0 aromatic heterocycles. The molecular formula is C20H27F3N2O3. The summed E-state index contributed by atoms with van der Waals surface area (Å²) in [6.45, 7) is 2.47. The number of amides is 2. The lowest BCUT2D eigenvalue weighted by Gasteiger charge is -2.33. The molecule has 1 aromatic rings. The van der Waals surface area contributed by atoms with Crippen LogP contribution in [0.2, 0.25) is 0 Å². The van der Waals surface area contributed by atoms with E-state index >= 15 is 0 Å². The summed E-state index contributed by atoms with van der Waals surface area (Å²) in [6, 6.07) is 7.29. The fourth-order valence-electron chi connectivity index (χ4n) is 3.42. The van der Waals surface area contributed by atoms with E-state index in [2.05, 4.69) is 16.7 Å². The lowest BCUT2D eigenvalue weighted by Crippen LogP contribution is -2.49. The third-order valence-electron chi connectivity index (χ3n) is 4.96. The second-order valence-electron chi connectivity index (χ2n) is 7.40. The molecule has 5 nitrogen and oxygen atoms in total. The van der Waals surface area contributed by atoms with E-state index < -0.39 is 37.1 Å². The van der Waals surface area contributed by atoms with E-state index in [4.69, 9.17) is 0 Å². The number of hydrogen-bond acceptors (Lipinski definition) is 3. The van der Waals surface area contributed by atoms with Crippen molar-refractivity contribution in [2.24, 2.45) is 5.92 Å². The van der Waals surface area contributed by atoms with Gasteiger partial charge in [-0.15, -0.1) is 0 Å². The number of nitrogens with one attached hydrogen (secondary N) is 2. The van der Waals surface area contributed by atoms with E-state index in [0.717, 1.165) is 11.1 Å². The van der Waals surface area contributed by atoms with Crippen LogP contribution in [0.1, 0.15) is 43.2 Å². The molecule has 0 unspecified atom stereocenters. The van der Waals surface area contributed by atoms with Crippen molar-refractivity contribution < 1.29 is 27.9 Å². The van der Waals surface area contributed by atoms with E-state index in [0.29, 0.717) is 25.8 Å². The monoisotopic (exact) mass is 400 g/mol. The van der Waals surface area contributed by atoms with Gasteiger partial charge in [0.25, 0.3) is 0 Å². The van der Waals surface area contributed by atoms with Crippen LogP contribution in [0.3, 0.4) is 0 Å². The van der Waals surface area contributed by atoms with Gasteiger partial charge in [0.2, 0.25) is 11.8 Å². The Kier molecular flexibility index (Phi) is 7.86. The number of hydrogen-bond donors (Lipinski definition) is 3. The first-order valence-electron chi connectivity index (χ1n) is 9.51. The third kappa shape index (κ3) is 7.50. The minimum absolute atomic E-state index is 0.158. The average Bonchev–Trinajstić information content (AvgIpc) is 2.61. The number of benzene rings is 1. The van der Waals surface area contributed by atoms with Crippen molar-refractivity contribution in [3.05, 3.63) is 35.4 Å². The van der Waals surface area contributed by atoms with Gasteiger partial charge in [0.05, 0.1) is 18.6 Å². The Hall–Kier alpha value is -2.09. The van der Waals surface area contributed by atoms with Gasteiger partial charge in [0.15, 0.2) is 0 Å². The van der Waals surface area contributed by atoms with Crippen molar-refractivity contribution in [2.75, 3.05) is 6.54 Å². The minimum atomic E-state index is -4.40. The van der Waals surface area contributed by atoms with Gasteiger partial charge in [-0.1, -0.05) is 29.8 Å². The highest BCUT2D eigenvalue weighted by molar-refractivity contribution is 5.79. The van der Waals surface area contributed by atoms with Crippen LogP contribution in [0, 0.1) is 12.8 Å². The molecular weight excluding hydrogens is 373 g/mol. The summed E-state index contributed by atoms with van der Waals surface area (Å²) in [5, 5.41) is 15.3. The zero-order valence-electron chi connectivity index (χ0n) is 15.9. The highest BCUT2D eigenvalue weighted by Gasteiger charge is 2.34. The Morgan fingerprint density at radius 3 is 2.68 bits per heavy atom. The first-order valence-corrected chi connectivity index (χ1v) is 9.51. The molecule has 0 bridgehead atoms. The molecule has 2 amide bonds. The molecule has 0 aliphatic heterocycles. The Bertz CT molecular complexity index is 679. The van der Waals surface area contributed by atoms with Crippen LogP contribution < -0.4 is 10.6 Å². The first-order chi connectivity index (χ1) is 13.1. The van der Waals surface area contributed by atoms with Crippen LogP contribution >= 0.6 is 0 Å². The average molecular weight is 400 g/mol. The van der Waals surface area contributed by atoms with Gasteiger partial charge in [-0.05, 0) is 38.2 Å². The van der Waals surface area contributed by atoms with Gasteiger partial charge >= 0.3 is 6.18 Å². The number of aryl methyl sites for hydroxylation is 1. The zero-order valence-corrected chi connectivity index (χ0v) is 15.9. The molecule has 156 valence electrons. The Morgan fingerprint density at radius 2 is 2.00 bits per heavy atom. The zero-order chi connectivity index (χ0) is 20.7. The fraction of sp³-hybridized carbons (Fsp3) is 0.600. The molecule has 28 heavy (non-hydrogen) atoms. The maximum absolute atomic E-state index is 12.4. The summed E-state index contributed by atoms with van der Waals surface area (Å²) in [4.78, 5) is 24.1. The summed E-state index contributed by atoms with van der Waals surface area (Å²) < 4.78 is 36.7. The second-order valence-corrected chi connectivity index (χ2v) is 7.40. The second kappa shape index (κ2) is 9.91. The Balaban J connectivity index is 1.78. The van der Waals surface area contributed by atoms with Crippen molar-refractivity contribution in [2.45, 2.75) is 63.8 Å². The van der Waals surface area contributed by atoms with E-state index in [1.165, 1.54) is 0 Å². The van der Waals surface area contributed by atoms with E-state index in [1.54, 1.807) is 0 Å². The third-order valence-corrected chi connectivity index (χ3v) is 4.96. The molecule has 2 rings (SSSR count). The van der Waals surface area contributed by atoms with E-state index in [1.807, 2.05) is 25.1 Å². The van der Waals surface area contributed by atoms with Gasteiger partial charge in [-0.3, -0.25) is 9.59 Å². The van der Waals surface area contributed by atoms with Crippen molar-refractivity contribution >= 4 is 11.8 Å². The molecule has 0 heterocycles. The number of rotatable bonds is 7. The number of aliphatic hydroxyl groups excluding tert-OH is 1. The molecule has 1 aliphatic carbocycles. The summed E-state index contributed by atoms with van der Waals surface area (Å²) in [5.41, 5.74) is 2.27. The predicted molar refractivity (Wildman–Crippen MR) is 98.5 cm³/mol. The van der Waals surface area contributed by atoms with Gasteiger partial charge in [-0.25, -0.2) is 0 Å². The molecule has 1 saturated carbocycles. The maximum Gasteiger partial charge on any atom is 0.389 e. The van der Waals surface area contributed by atoms with Gasteiger partial charge < -0.3 is 15.7 Å². The highest BCUT2D eigenvalue weighted by atomic mass is 19.4. The Labute approximate surface area is 162 Å². The smallest absolute Gasteiger partial charge is 0.389 e. The quantitative estimate of drug-likeness (QED) is 0.659. The molecule has 1 fully saturated rings. The first kappa shape index (κ1) is 22.2. The van der Waals surface area contributed by atoms with Crippen LogP contribution in [0.5, 0.6) is 0 Å². The number of halogens is 3. The lowest BCUT2D eigenvalue weighted by molar-refractivity contribution is -0.145. The number of carbonyl (C=O) groups excluding carboxylic acids is 2. The van der Waals surface area contributed by atoms with Crippen LogP contribution in [0.15, 0.2) is 24.3 Å². The standard InChI is InChI=1S/C20H27F3N2O3/c1-13-3-2-4-14(11-13)8-10-24-19(28)15-5-6-17(26)16(12-15)25-18(27)7-9-20(21,22)23/h2-4,11,15-17,26H,5-10,12H2,1H3,(H,24,28)(H,25,27)/t15-,16+,17+/m0/s1. The number of alkyl halides is 3. The predicted octanol–water partition coefficient (Wildman–Crippen LogP) is 2.64. The topological polar surface area (TPSA) is 78.4 Å². The normalized spacial score (nSPS) is 22.5. The molecule has 8 heteroatoms. The van der Waals surface area contributed by atoms with Gasteiger partial charge in [0.1, 0.15) is 0 Å². The molecule has 0 spiro atoms. The molecule has 1 aliphatic rings. The molecule has 3 atom stereocenters. The largest absolute Gasteiger partial charge is 0.391 e. The van der Waals surface area contributed by atoms with Gasteiger partial charge in [0, 0.05) is 18.9 Å². The summed E-state index contributed by atoms with van der Waals surface area (Å²) in [7, 11) is 0. The van der Waals surface area contributed by atoms with Crippen molar-refractivity contribution in [3.8, 4) is 0 Å². The summed E-state index contributed by atoms with van der Waals surface area (Å²) in [5.74, 6) is -1.30. The molecule has 1 aromatic carbocycles. The van der Waals surface area contributed by atoms with E-state index in [9.17, 15) is 27.9 Å². The molecule has 3 N–H and O–H groups in total. The van der Waals surface area contributed by atoms with Crippen LogP contribution in [-0.4, -0.2) is 41.8 Å². The molecule has 0 saturated heterocycles. The van der Waals surface area contributed by atoms with Gasteiger partial charge in [-0.2, -0.15) is 13.2 Å². The van der Waals surface area contributed by atoms with Crippen LogP contribution in [-0.2, 0) is 16.0 Å². The SMILES string of the molecule is Cc1cccc(CCNC(=O)[C@H]2CC[C@@H](O)[C@H](NC(=O)CCC(F)(F)F)C2)c1. The van der Waals surface area contributed by atoms with Crippen LogP contribution in [0.4, 0.5) is 13.2 Å². The lowest BCUT2D eigenvalue weighted by atomic mass is 9.83. The molecule has 0 radical (unpaired) electrons. The number of carbonyl (C=O) groups is 2. The summed E-state index contributed by atoms with van der Waals surface area (Å²) >= 11 is 0. The summed E-state index contributed by atoms with van der Waals surface area (Å²) in [6.07, 6.45) is -5.43. The highest BCUT2D eigenvalue weighted by Crippen LogP contribution is 2.26. The van der Waals surface area contributed by atoms with Crippen LogP contribution in [0.25, 0.3) is 0 Å². The number of aliphatic hydroxyl groups is 1. The van der Waals surface area contributed by atoms with Crippen molar-refractivity contribution in [1.29, 1.82) is 0 Å². The van der Waals surface area contributed by atoms with Crippen molar-refractivity contribution in [1.82, 2.24) is 10.6 Å². The fourth-order valence-corrected chi connectivity index (χ4v) is 3.42. The minimum Gasteiger partial charge on any atom is -0.391 e. The van der Waals surface area contributed by atoms with E-state index in [-0.39, 0.29) is 18.2 Å². The maximum atomic E-state index is 12.4. The van der Waals surface area contributed by atoms with Crippen molar-refractivity contribution in [3.63, 3.8) is 0 Å².